The number of rotatable bonds is 1. The van der Waals surface area contributed by atoms with Gasteiger partial charge in [-0.25, -0.2) is 4.98 Å². The minimum Gasteiger partial charge on any atom is -0.396 e. The highest BCUT2D eigenvalue weighted by Crippen LogP contribution is 2.34. The molecule has 0 bridgehead atoms. The molecule has 1 heterocycles. The van der Waals surface area contributed by atoms with Crippen LogP contribution in [0.5, 0.6) is 0 Å². The lowest BCUT2D eigenvalue weighted by Gasteiger charge is -2.15. The first-order chi connectivity index (χ1) is 7.59. The normalized spacial score (nSPS) is 16.1. The number of halogens is 1. The standard InChI is InChI=1S/C11H12BrN3O/c12-11-10(14)9(13)8(5-15-11)6-2-1-3-7(16)4-6/h4-5H,1-3,14H2,(H2,13,15). The summed E-state index contributed by atoms with van der Waals surface area (Å²) >= 11 is 3.21. The van der Waals surface area contributed by atoms with E-state index in [0.29, 0.717) is 22.4 Å². The maximum Gasteiger partial charge on any atom is 0.155 e. The van der Waals surface area contributed by atoms with Crippen molar-refractivity contribution in [1.29, 1.82) is 0 Å². The number of nitrogen functional groups attached to an aromatic ring is 2. The lowest BCUT2D eigenvalue weighted by Crippen LogP contribution is -2.06. The summed E-state index contributed by atoms with van der Waals surface area (Å²) in [5, 5.41) is 0. The number of anilines is 2. The molecule has 0 radical (unpaired) electrons. The molecule has 0 spiro atoms. The van der Waals surface area contributed by atoms with Crippen molar-refractivity contribution < 1.29 is 4.79 Å². The summed E-state index contributed by atoms with van der Waals surface area (Å²) in [5.74, 6) is 0.141. The molecular weight excluding hydrogens is 270 g/mol. The molecule has 5 heteroatoms. The topological polar surface area (TPSA) is 82.0 Å². The Labute approximate surface area is 102 Å². The third kappa shape index (κ3) is 1.95. The first-order valence-electron chi connectivity index (χ1n) is 5.03. The Balaban J connectivity index is 2.49. The van der Waals surface area contributed by atoms with E-state index in [4.69, 9.17) is 11.5 Å². The second kappa shape index (κ2) is 4.25. The molecule has 0 unspecified atom stereocenters. The van der Waals surface area contributed by atoms with Crippen LogP contribution in [0.15, 0.2) is 16.9 Å². The van der Waals surface area contributed by atoms with Gasteiger partial charge in [0.2, 0.25) is 0 Å². The fraction of sp³-hybridized carbons (Fsp3) is 0.273. The van der Waals surface area contributed by atoms with E-state index >= 15 is 0 Å². The van der Waals surface area contributed by atoms with Gasteiger partial charge in [-0.05, 0) is 40.4 Å². The van der Waals surface area contributed by atoms with Crippen molar-refractivity contribution in [2.45, 2.75) is 19.3 Å². The molecule has 84 valence electrons. The van der Waals surface area contributed by atoms with Gasteiger partial charge in [0.15, 0.2) is 5.78 Å². The van der Waals surface area contributed by atoms with Crippen LogP contribution in [0.2, 0.25) is 0 Å². The Morgan fingerprint density at radius 1 is 1.25 bits per heavy atom. The number of hydrogen-bond acceptors (Lipinski definition) is 4. The number of aromatic nitrogens is 1. The van der Waals surface area contributed by atoms with Crippen LogP contribution in [-0.4, -0.2) is 10.8 Å². The van der Waals surface area contributed by atoms with E-state index in [0.717, 1.165) is 24.0 Å². The Bertz CT molecular complexity index is 482. The van der Waals surface area contributed by atoms with Crippen molar-refractivity contribution in [3.8, 4) is 0 Å². The largest absolute Gasteiger partial charge is 0.396 e. The van der Waals surface area contributed by atoms with Gasteiger partial charge in [0.1, 0.15) is 4.60 Å². The number of nitrogens with two attached hydrogens (primary N) is 2. The summed E-state index contributed by atoms with van der Waals surface area (Å²) in [6.45, 7) is 0. The molecule has 0 amide bonds. The molecule has 0 fully saturated rings. The monoisotopic (exact) mass is 281 g/mol. The molecule has 0 saturated carbocycles. The summed E-state index contributed by atoms with van der Waals surface area (Å²) in [4.78, 5) is 15.4. The first-order valence-corrected chi connectivity index (χ1v) is 5.82. The molecule has 1 aromatic rings. The van der Waals surface area contributed by atoms with Crippen LogP contribution < -0.4 is 11.5 Å². The highest BCUT2D eigenvalue weighted by Gasteiger charge is 2.16. The highest BCUT2D eigenvalue weighted by molar-refractivity contribution is 9.10. The molecule has 0 aromatic carbocycles. The molecule has 4 nitrogen and oxygen atoms in total. The second-order valence-electron chi connectivity index (χ2n) is 3.78. The molecule has 1 aliphatic rings. The maximum atomic E-state index is 11.3. The SMILES string of the molecule is Nc1c(C2=CC(=O)CCC2)cnc(Br)c1N. The number of hydrogen-bond donors (Lipinski definition) is 2. The molecule has 1 aliphatic carbocycles. The highest BCUT2D eigenvalue weighted by atomic mass is 79.9. The van der Waals surface area contributed by atoms with Gasteiger partial charge in [-0.3, -0.25) is 4.79 Å². The number of carbonyl (C=O) groups excluding carboxylic acids is 1. The van der Waals surface area contributed by atoms with Crippen molar-refractivity contribution >= 4 is 38.7 Å². The zero-order valence-corrected chi connectivity index (χ0v) is 10.3. The molecule has 0 atom stereocenters. The van der Waals surface area contributed by atoms with Crippen LogP contribution >= 0.6 is 15.9 Å². The van der Waals surface area contributed by atoms with Crippen molar-refractivity contribution in [2.24, 2.45) is 0 Å². The maximum absolute atomic E-state index is 11.3. The fourth-order valence-corrected chi connectivity index (χ4v) is 2.09. The summed E-state index contributed by atoms with van der Waals surface area (Å²) in [7, 11) is 0. The predicted molar refractivity (Wildman–Crippen MR) is 67.6 cm³/mol. The zero-order valence-electron chi connectivity index (χ0n) is 8.66. The lowest BCUT2D eigenvalue weighted by atomic mass is 9.93. The summed E-state index contributed by atoms with van der Waals surface area (Å²) in [5.41, 5.74) is 14.3. The van der Waals surface area contributed by atoms with Gasteiger partial charge >= 0.3 is 0 Å². The Morgan fingerprint density at radius 2 is 2.00 bits per heavy atom. The van der Waals surface area contributed by atoms with E-state index < -0.39 is 0 Å². The Morgan fingerprint density at radius 3 is 2.69 bits per heavy atom. The molecule has 1 aromatic heterocycles. The van der Waals surface area contributed by atoms with Crippen molar-refractivity contribution in [3.63, 3.8) is 0 Å². The summed E-state index contributed by atoms with van der Waals surface area (Å²) in [6.07, 6.45) is 5.62. The van der Waals surface area contributed by atoms with Gasteiger partial charge in [0.25, 0.3) is 0 Å². The van der Waals surface area contributed by atoms with Crippen LogP contribution in [-0.2, 0) is 4.79 Å². The summed E-state index contributed by atoms with van der Waals surface area (Å²) < 4.78 is 0.538. The number of ketones is 1. The van der Waals surface area contributed by atoms with E-state index in [1.807, 2.05) is 0 Å². The average Bonchev–Trinajstić information content (AvgIpc) is 2.26. The van der Waals surface area contributed by atoms with E-state index in [2.05, 4.69) is 20.9 Å². The molecule has 16 heavy (non-hydrogen) atoms. The summed E-state index contributed by atoms with van der Waals surface area (Å²) in [6, 6.07) is 0. The van der Waals surface area contributed by atoms with Gasteiger partial charge in [-0.1, -0.05) is 0 Å². The molecular formula is C11H12BrN3O. The number of allylic oxidation sites excluding steroid dienone is 2. The average molecular weight is 282 g/mol. The van der Waals surface area contributed by atoms with Gasteiger partial charge < -0.3 is 11.5 Å². The quantitative estimate of drug-likeness (QED) is 0.773. The zero-order chi connectivity index (χ0) is 11.7. The third-order valence-electron chi connectivity index (χ3n) is 2.66. The van der Waals surface area contributed by atoms with Crippen molar-refractivity contribution in [2.75, 3.05) is 11.5 Å². The van der Waals surface area contributed by atoms with E-state index in [1.54, 1.807) is 12.3 Å². The van der Waals surface area contributed by atoms with Crippen LogP contribution in [0.3, 0.4) is 0 Å². The predicted octanol–water partition coefficient (Wildman–Crippen LogP) is 2.14. The first kappa shape index (κ1) is 11.1. The minimum absolute atomic E-state index is 0.141. The van der Waals surface area contributed by atoms with Crippen LogP contribution in [0.25, 0.3) is 5.57 Å². The van der Waals surface area contributed by atoms with Gasteiger partial charge in [0, 0.05) is 18.2 Å². The lowest BCUT2D eigenvalue weighted by molar-refractivity contribution is -0.114. The molecule has 0 saturated heterocycles. The van der Waals surface area contributed by atoms with Gasteiger partial charge in [0.05, 0.1) is 11.4 Å². The van der Waals surface area contributed by atoms with Crippen molar-refractivity contribution in [1.82, 2.24) is 4.98 Å². The van der Waals surface area contributed by atoms with E-state index in [9.17, 15) is 4.79 Å². The molecule has 0 aliphatic heterocycles. The van der Waals surface area contributed by atoms with E-state index in [-0.39, 0.29) is 5.78 Å². The minimum atomic E-state index is 0.141. The fourth-order valence-electron chi connectivity index (χ4n) is 1.78. The van der Waals surface area contributed by atoms with Gasteiger partial charge in [-0.15, -0.1) is 0 Å². The second-order valence-corrected chi connectivity index (χ2v) is 4.53. The number of nitrogens with zero attached hydrogens (tertiary/aromatic N) is 1. The van der Waals surface area contributed by atoms with Crippen molar-refractivity contribution in [3.05, 3.63) is 22.4 Å². The molecule has 4 N–H and O–H groups in total. The van der Waals surface area contributed by atoms with E-state index in [1.165, 1.54) is 0 Å². The number of carbonyl (C=O) groups is 1. The third-order valence-corrected chi connectivity index (χ3v) is 3.29. The molecule has 2 rings (SSSR count). The van der Waals surface area contributed by atoms with Crippen LogP contribution in [0.4, 0.5) is 11.4 Å². The number of pyridine rings is 1. The smallest absolute Gasteiger partial charge is 0.155 e. The van der Waals surface area contributed by atoms with Crippen LogP contribution in [0.1, 0.15) is 24.8 Å². The van der Waals surface area contributed by atoms with Crippen LogP contribution in [0, 0.1) is 0 Å². The Kier molecular flexibility index (Phi) is 2.96. The van der Waals surface area contributed by atoms with Gasteiger partial charge in [-0.2, -0.15) is 0 Å². The Hall–Kier alpha value is -1.36.